The van der Waals surface area contributed by atoms with Gasteiger partial charge in [-0.3, -0.25) is 14.9 Å². The Balaban J connectivity index is 1.26. The minimum Gasteiger partial charge on any atom is -0.458 e. The van der Waals surface area contributed by atoms with E-state index in [0.29, 0.717) is 5.95 Å². The summed E-state index contributed by atoms with van der Waals surface area (Å²) in [6.45, 7) is -0.0412. The molecule has 7 heterocycles. The molecule has 3 aliphatic rings. The fraction of sp³-hybridized carbons (Fsp3) is 0. The topological polar surface area (TPSA) is 78.2 Å². The van der Waals surface area contributed by atoms with E-state index >= 15 is 0 Å². The summed E-state index contributed by atoms with van der Waals surface area (Å²) in [5.41, 5.74) is 8.28. The molecule has 0 amide bonds. The molecular weight excluding hydrogens is 511 g/mol. The molecular formula is C32H17BN6O2. The molecule has 4 aromatic heterocycles. The lowest BCUT2D eigenvalue weighted by Gasteiger charge is -2.41. The summed E-state index contributed by atoms with van der Waals surface area (Å²) in [6, 6.07) is 22.5. The molecule has 0 N–H and O–H groups in total. The maximum Gasteiger partial charge on any atom is 0.266 e. The molecule has 8 nitrogen and oxygen atoms in total. The molecule has 0 saturated carbocycles. The third-order valence-electron chi connectivity index (χ3n) is 8.34. The number of fused-ring (bicyclic) bond motifs is 3. The van der Waals surface area contributed by atoms with E-state index in [-0.39, 0.29) is 6.71 Å². The fourth-order valence-electron chi connectivity index (χ4n) is 6.79. The van der Waals surface area contributed by atoms with Crippen LogP contribution in [0.1, 0.15) is 0 Å². The van der Waals surface area contributed by atoms with Crippen molar-refractivity contribution in [1.29, 1.82) is 0 Å². The summed E-state index contributed by atoms with van der Waals surface area (Å²) in [5, 5.41) is 2.09. The van der Waals surface area contributed by atoms with Crippen LogP contribution in [0, 0.1) is 0 Å². The van der Waals surface area contributed by atoms with Crippen molar-refractivity contribution in [2.75, 3.05) is 4.90 Å². The lowest BCUT2D eigenvalue weighted by Crippen LogP contribution is -2.61. The number of anilines is 3. The van der Waals surface area contributed by atoms with E-state index in [4.69, 9.17) is 9.47 Å². The van der Waals surface area contributed by atoms with Crippen molar-refractivity contribution in [2.45, 2.75) is 0 Å². The second-order valence-electron chi connectivity index (χ2n) is 10.4. The SMILES string of the molecule is c1cnc(N2c3cccc4c3B3c5c(cc(-n6c7ccncc7c7cnccc76)cc5Oc5cccc2c53)O4)nc1. The van der Waals surface area contributed by atoms with Gasteiger partial charge < -0.3 is 14.0 Å². The molecule has 3 aliphatic heterocycles. The summed E-state index contributed by atoms with van der Waals surface area (Å²) in [5.74, 6) is 3.82. The zero-order chi connectivity index (χ0) is 26.7. The van der Waals surface area contributed by atoms with Gasteiger partial charge in [0.2, 0.25) is 5.95 Å². The van der Waals surface area contributed by atoms with Gasteiger partial charge in [-0.2, -0.15) is 0 Å². The van der Waals surface area contributed by atoms with E-state index in [1.165, 1.54) is 0 Å². The molecule has 0 radical (unpaired) electrons. The van der Waals surface area contributed by atoms with Crippen LogP contribution in [0.4, 0.5) is 17.3 Å². The second kappa shape index (κ2) is 7.48. The number of ether oxygens (including phenoxy) is 2. The molecule has 0 atom stereocenters. The van der Waals surface area contributed by atoms with E-state index in [1.807, 2.05) is 67.3 Å². The van der Waals surface area contributed by atoms with Crippen molar-refractivity contribution in [3.63, 3.8) is 0 Å². The Kier molecular flexibility index (Phi) is 3.86. The first-order valence-corrected chi connectivity index (χ1v) is 13.4. The molecule has 41 heavy (non-hydrogen) atoms. The highest BCUT2D eigenvalue weighted by Gasteiger charge is 2.47. The highest BCUT2D eigenvalue weighted by molar-refractivity contribution is 7.00. The van der Waals surface area contributed by atoms with Gasteiger partial charge in [0.1, 0.15) is 23.0 Å². The van der Waals surface area contributed by atoms with Crippen LogP contribution < -0.4 is 30.8 Å². The molecule has 10 rings (SSSR count). The quantitative estimate of drug-likeness (QED) is 0.296. The predicted octanol–water partition coefficient (Wildman–Crippen LogP) is 4.87. The van der Waals surface area contributed by atoms with Crippen LogP contribution >= 0.6 is 0 Å². The third kappa shape index (κ3) is 2.65. The number of hydrogen-bond acceptors (Lipinski definition) is 7. The fourth-order valence-corrected chi connectivity index (χ4v) is 6.79. The monoisotopic (exact) mass is 528 g/mol. The van der Waals surface area contributed by atoms with Crippen LogP contribution in [0.2, 0.25) is 0 Å². The number of aromatic nitrogens is 5. The maximum absolute atomic E-state index is 6.71. The average Bonchev–Trinajstić information content (AvgIpc) is 3.36. The number of nitrogens with zero attached hydrogens (tertiary/aromatic N) is 6. The summed E-state index contributed by atoms with van der Waals surface area (Å²) >= 11 is 0. The molecule has 0 fully saturated rings. The average molecular weight is 528 g/mol. The van der Waals surface area contributed by atoms with Gasteiger partial charge in [0, 0.05) is 76.9 Å². The highest BCUT2D eigenvalue weighted by atomic mass is 16.5. The lowest BCUT2D eigenvalue weighted by atomic mass is 9.33. The van der Waals surface area contributed by atoms with E-state index in [1.54, 1.807) is 12.4 Å². The Hall–Kier alpha value is -5.70. The van der Waals surface area contributed by atoms with E-state index in [9.17, 15) is 0 Å². The van der Waals surface area contributed by atoms with E-state index < -0.39 is 0 Å². The Labute approximate surface area is 233 Å². The normalized spacial score (nSPS) is 13.7. The molecule has 0 spiro atoms. The summed E-state index contributed by atoms with van der Waals surface area (Å²) in [4.78, 5) is 20.1. The largest absolute Gasteiger partial charge is 0.458 e. The van der Waals surface area contributed by atoms with Crippen molar-refractivity contribution in [3.05, 3.63) is 104 Å². The minimum absolute atomic E-state index is 0.0412. The van der Waals surface area contributed by atoms with Crippen LogP contribution in [-0.2, 0) is 0 Å². The van der Waals surface area contributed by atoms with Gasteiger partial charge in [-0.15, -0.1) is 0 Å². The molecule has 0 aliphatic carbocycles. The zero-order valence-corrected chi connectivity index (χ0v) is 21.4. The van der Waals surface area contributed by atoms with Gasteiger partial charge in [-0.05, 0) is 53.4 Å². The summed E-state index contributed by atoms with van der Waals surface area (Å²) in [6.07, 6.45) is 11.0. The first-order valence-electron chi connectivity index (χ1n) is 13.4. The van der Waals surface area contributed by atoms with Crippen LogP contribution in [-0.4, -0.2) is 31.2 Å². The van der Waals surface area contributed by atoms with Gasteiger partial charge in [0.25, 0.3) is 6.71 Å². The van der Waals surface area contributed by atoms with Crippen LogP contribution in [0.25, 0.3) is 27.5 Å². The first kappa shape index (κ1) is 21.2. The van der Waals surface area contributed by atoms with Crippen LogP contribution in [0.15, 0.2) is 104 Å². The molecule has 9 heteroatoms. The smallest absolute Gasteiger partial charge is 0.266 e. The van der Waals surface area contributed by atoms with Gasteiger partial charge >= 0.3 is 0 Å². The zero-order valence-electron chi connectivity index (χ0n) is 21.4. The first-order chi connectivity index (χ1) is 20.3. The lowest BCUT2D eigenvalue weighted by molar-refractivity contribution is 0.464. The predicted molar refractivity (Wildman–Crippen MR) is 158 cm³/mol. The molecule has 0 unspecified atom stereocenters. The van der Waals surface area contributed by atoms with Crippen LogP contribution in [0.3, 0.4) is 0 Å². The molecule has 0 bridgehead atoms. The molecule has 7 aromatic rings. The number of benzene rings is 3. The number of rotatable bonds is 2. The molecule has 0 saturated heterocycles. The standard InChI is InChI=1S/C32H17BN6O2/c1-4-23-29-25(6-1)40-27-14-18(38-21-8-12-34-16-19(21)20-17-35-13-9-22(20)38)15-28-31(27)33(29)30-24(5-2-7-26(30)41-28)39(23)32-36-10-3-11-37-32/h1-17H. The number of pyridine rings is 2. The Morgan fingerprint density at radius 1 is 0.585 bits per heavy atom. The Morgan fingerprint density at radius 2 is 1.17 bits per heavy atom. The summed E-state index contributed by atoms with van der Waals surface area (Å²) < 4.78 is 15.6. The third-order valence-corrected chi connectivity index (χ3v) is 8.34. The van der Waals surface area contributed by atoms with Crippen molar-refractivity contribution in [1.82, 2.24) is 24.5 Å². The van der Waals surface area contributed by atoms with Crippen molar-refractivity contribution < 1.29 is 9.47 Å². The molecule has 190 valence electrons. The van der Waals surface area contributed by atoms with Gasteiger partial charge in [-0.25, -0.2) is 9.97 Å². The van der Waals surface area contributed by atoms with E-state index in [0.717, 1.165) is 78.3 Å². The van der Waals surface area contributed by atoms with Crippen LogP contribution in [0.5, 0.6) is 23.0 Å². The van der Waals surface area contributed by atoms with Crippen molar-refractivity contribution >= 4 is 62.2 Å². The van der Waals surface area contributed by atoms with Gasteiger partial charge in [0.05, 0.1) is 16.7 Å². The highest BCUT2D eigenvalue weighted by Crippen LogP contribution is 2.45. The summed E-state index contributed by atoms with van der Waals surface area (Å²) in [7, 11) is 0. The maximum atomic E-state index is 6.71. The van der Waals surface area contributed by atoms with E-state index in [2.05, 4.69) is 53.7 Å². The number of hydrogen-bond donors (Lipinski definition) is 0. The van der Waals surface area contributed by atoms with Gasteiger partial charge in [0.15, 0.2) is 0 Å². The Bertz CT molecular complexity index is 2120. The molecule has 3 aromatic carbocycles. The van der Waals surface area contributed by atoms with Gasteiger partial charge in [-0.1, -0.05) is 12.1 Å². The minimum atomic E-state index is -0.0412. The van der Waals surface area contributed by atoms with Crippen molar-refractivity contribution in [2.24, 2.45) is 0 Å². The van der Waals surface area contributed by atoms with Crippen molar-refractivity contribution in [3.8, 4) is 28.7 Å². The Morgan fingerprint density at radius 3 is 1.76 bits per heavy atom. The second-order valence-corrected chi connectivity index (χ2v) is 10.4.